The molecule has 3 heterocycles. The molecule has 1 aliphatic rings. The quantitative estimate of drug-likeness (QED) is 0.457. The Labute approximate surface area is 195 Å². The molecule has 4 rings (SSSR count). The Hall–Kier alpha value is -3.49. The SMILES string of the molecule is Cc1cc(Nc2cc(C(F)(F)F)ccn2)nc(-c2ccc(C[C@H]3CC[C@@H](C(=O)O)CC3)nc2)c1. The van der Waals surface area contributed by atoms with Crippen molar-refractivity contribution in [1.29, 1.82) is 0 Å². The van der Waals surface area contributed by atoms with Crippen molar-refractivity contribution in [3.8, 4) is 11.3 Å². The van der Waals surface area contributed by atoms with Gasteiger partial charge >= 0.3 is 12.1 Å². The average molecular weight is 470 g/mol. The number of pyridine rings is 3. The molecule has 0 aliphatic heterocycles. The average Bonchev–Trinajstić information content (AvgIpc) is 2.79. The zero-order chi connectivity index (χ0) is 24.3. The predicted molar refractivity (Wildman–Crippen MR) is 122 cm³/mol. The minimum Gasteiger partial charge on any atom is -0.481 e. The van der Waals surface area contributed by atoms with Crippen LogP contribution in [0.5, 0.6) is 0 Å². The largest absolute Gasteiger partial charge is 0.481 e. The number of carboxylic acids is 1. The summed E-state index contributed by atoms with van der Waals surface area (Å²) in [5, 5.41) is 12.0. The Kier molecular flexibility index (Phi) is 6.81. The van der Waals surface area contributed by atoms with E-state index in [-0.39, 0.29) is 11.7 Å². The lowest BCUT2D eigenvalue weighted by molar-refractivity contribution is -0.143. The maximum absolute atomic E-state index is 13.0. The molecule has 34 heavy (non-hydrogen) atoms. The second-order valence-corrected chi connectivity index (χ2v) is 8.77. The molecule has 0 saturated heterocycles. The summed E-state index contributed by atoms with van der Waals surface area (Å²) in [6.07, 6.45) is 2.40. The number of rotatable bonds is 6. The monoisotopic (exact) mass is 470 g/mol. The van der Waals surface area contributed by atoms with Gasteiger partial charge in [-0.2, -0.15) is 13.2 Å². The van der Waals surface area contributed by atoms with E-state index >= 15 is 0 Å². The summed E-state index contributed by atoms with van der Waals surface area (Å²) in [6, 6.07) is 9.37. The molecule has 0 atom stereocenters. The van der Waals surface area contributed by atoms with Gasteiger partial charge in [0.1, 0.15) is 11.6 Å². The van der Waals surface area contributed by atoms with Crippen LogP contribution < -0.4 is 5.32 Å². The van der Waals surface area contributed by atoms with Crippen molar-refractivity contribution < 1.29 is 23.1 Å². The van der Waals surface area contributed by atoms with E-state index < -0.39 is 17.7 Å². The van der Waals surface area contributed by atoms with Crippen LogP contribution in [-0.4, -0.2) is 26.0 Å². The Morgan fingerprint density at radius 2 is 1.82 bits per heavy atom. The fourth-order valence-corrected chi connectivity index (χ4v) is 4.29. The highest BCUT2D eigenvalue weighted by atomic mass is 19.4. The third-order valence-electron chi connectivity index (χ3n) is 6.13. The highest BCUT2D eigenvalue weighted by molar-refractivity contribution is 5.70. The van der Waals surface area contributed by atoms with Crippen molar-refractivity contribution in [3.63, 3.8) is 0 Å². The number of anilines is 2. The second-order valence-electron chi connectivity index (χ2n) is 8.77. The van der Waals surface area contributed by atoms with Crippen LogP contribution >= 0.6 is 0 Å². The lowest BCUT2D eigenvalue weighted by Gasteiger charge is -2.25. The number of aromatic nitrogens is 3. The van der Waals surface area contributed by atoms with Crippen LogP contribution in [0.4, 0.5) is 24.8 Å². The van der Waals surface area contributed by atoms with Gasteiger partial charge in [0.25, 0.3) is 0 Å². The molecule has 178 valence electrons. The molecular weight excluding hydrogens is 445 g/mol. The van der Waals surface area contributed by atoms with E-state index in [1.165, 1.54) is 0 Å². The molecule has 9 heteroatoms. The summed E-state index contributed by atoms with van der Waals surface area (Å²) >= 11 is 0. The van der Waals surface area contributed by atoms with Crippen LogP contribution in [0.15, 0.2) is 48.8 Å². The minimum atomic E-state index is -4.45. The number of hydrogen-bond acceptors (Lipinski definition) is 5. The molecule has 1 saturated carbocycles. The molecular formula is C25H25F3N4O2. The highest BCUT2D eigenvalue weighted by Crippen LogP contribution is 2.32. The lowest BCUT2D eigenvalue weighted by atomic mass is 9.80. The van der Waals surface area contributed by atoms with Crippen molar-refractivity contribution in [2.24, 2.45) is 11.8 Å². The van der Waals surface area contributed by atoms with Crippen molar-refractivity contribution >= 4 is 17.6 Å². The van der Waals surface area contributed by atoms with Crippen molar-refractivity contribution in [3.05, 3.63) is 65.6 Å². The Morgan fingerprint density at radius 3 is 2.47 bits per heavy atom. The van der Waals surface area contributed by atoms with Crippen molar-refractivity contribution in [1.82, 2.24) is 15.0 Å². The maximum Gasteiger partial charge on any atom is 0.416 e. The second kappa shape index (κ2) is 9.79. The van der Waals surface area contributed by atoms with E-state index in [2.05, 4.69) is 20.3 Å². The van der Waals surface area contributed by atoms with Gasteiger partial charge in [-0.3, -0.25) is 9.78 Å². The number of nitrogens with zero attached hydrogens (tertiary/aromatic N) is 3. The maximum atomic E-state index is 13.0. The van der Waals surface area contributed by atoms with E-state index in [0.29, 0.717) is 30.3 Å². The molecule has 3 aromatic rings. The Balaban J connectivity index is 1.45. The molecule has 3 aromatic heterocycles. The smallest absolute Gasteiger partial charge is 0.416 e. The summed E-state index contributed by atoms with van der Waals surface area (Å²) in [6.45, 7) is 1.88. The number of hydrogen-bond donors (Lipinski definition) is 2. The third kappa shape index (κ3) is 5.89. The molecule has 0 spiro atoms. The first kappa shape index (κ1) is 23.7. The fourth-order valence-electron chi connectivity index (χ4n) is 4.29. The van der Waals surface area contributed by atoms with Gasteiger partial charge in [-0.05, 0) is 86.9 Å². The predicted octanol–water partition coefficient (Wildman–Crippen LogP) is 6.04. The van der Waals surface area contributed by atoms with Gasteiger partial charge in [0, 0.05) is 23.7 Å². The standard InChI is InChI=1S/C25H25F3N4O2/c1-15-10-21(31-23(11-15)32-22-13-19(8-9-29-22)25(26,27)28)18-6-7-20(30-14-18)12-16-2-4-17(5-3-16)24(33)34/h6-11,13-14,16-17H,2-5,12H2,1H3,(H,33,34)(H,29,31,32)/t16-,17+. The van der Waals surface area contributed by atoms with Gasteiger partial charge in [-0.25, -0.2) is 9.97 Å². The van der Waals surface area contributed by atoms with Gasteiger partial charge in [0.15, 0.2) is 0 Å². The summed E-state index contributed by atoms with van der Waals surface area (Å²) < 4.78 is 39.0. The van der Waals surface area contributed by atoms with Gasteiger partial charge in [0.05, 0.1) is 17.2 Å². The number of aliphatic carboxylic acids is 1. The van der Waals surface area contributed by atoms with Gasteiger partial charge in [-0.15, -0.1) is 0 Å². The number of nitrogens with one attached hydrogen (secondary N) is 1. The van der Waals surface area contributed by atoms with E-state index in [4.69, 9.17) is 5.11 Å². The molecule has 0 unspecified atom stereocenters. The van der Waals surface area contributed by atoms with E-state index in [0.717, 1.165) is 54.4 Å². The van der Waals surface area contributed by atoms with E-state index in [1.54, 1.807) is 12.3 Å². The molecule has 0 aromatic carbocycles. The zero-order valence-corrected chi connectivity index (χ0v) is 18.6. The summed E-state index contributed by atoms with van der Waals surface area (Å²) in [5.74, 6) is -0.0509. The van der Waals surface area contributed by atoms with Gasteiger partial charge in [0.2, 0.25) is 0 Å². The molecule has 0 amide bonds. The van der Waals surface area contributed by atoms with Gasteiger partial charge in [-0.1, -0.05) is 0 Å². The lowest BCUT2D eigenvalue weighted by Crippen LogP contribution is -2.22. The Bertz CT molecular complexity index is 1160. The molecule has 6 nitrogen and oxygen atoms in total. The van der Waals surface area contributed by atoms with E-state index in [9.17, 15) is 18.0 Å². The first-order valence-electron chi connectivity index (χ1n) is 11.1. The normalized spacial score (nSPS) is 18.5. The number of carboxylic acid groups (broad SMARTS) is 1. The van der Waals surface area contributed by atoms with Crippen LogP contribution in [0.2, 0.25) is 0 Å². The number of aryl methyl sites for hydroxylation is 1. The Morgan fingerprint density at radius 1 is 1.06 bits per heavy atom. The molecule has 0 bridgehead atoms. The van der Waals surface area contributed by atoms with Crippen LogP contribution in [0.25, 0.3) is 11.3 Å². The van der Waals surface area contributed by atoms with Crippen molar-refractivity contribution in [2.45, 2.75) is 45.2 Å². The first-order valence-corrected chi connectivity index (χ1v) is 11.1. The number of carbonyl (C=O) groups is 1. The molecule has 2 N–H and O–H groups in total. The summed E-state index contributed by atoms with van der Waals surface area (Å²) in [5.41, 5.74) is 2.49. The zero-order valence-electron chi connectivity index (χ0n) is 18.6. The van der Waals surface area contributed by atoms with Crippen LogP contribution in [0, 0.1) is 18.8 Å². The van der Waals surface area contributed by atoms with Crippen molar-refractivity contribution in [2.75, 3.05) is 5.32 Å². The molecule has 1 fully saturated rings. The topological polar surface area (TPSA) is 88.0 Å². The first-order chi connectivity index (χ1) is 16.2. The van der Waals surface area contributed by atoms with Gasteiger partial charge < -0.3 is 10.4 Å². The molecule has 1 aliphatic carbocycles. The van der Waals surface area contributed by atoms with Crippen LogP contribution in [0.3, 0.4) is 0 Å². The van der Waals surface area contributed by atoms with Crippen LogP contribution in [-0.2, 0) is 17.4 Å². The number of halogens is 3. The summed E-state index contributed by atoms with van der Waals surface area (Å²) in [7, 11) is 0. The fraction of sp³-hybridized carbons (Fsp3) is 0.360. The highest BCUT2D eigenvalue weighted by Gasteiger charge is 2.30. The summed E-state index contributed by atoms with van der Waals surface area (Å²) in [4.78, 5) is 24.2. The minimum absolute atomic E-state index is 0.0602. The van der Waals surface area contributed by atoms with Crippen LogP contribution in [0.1, 0.15) is 42.5 Å². The number of alkyl halides is 3. The third-order valence-corrected chi connectivity index (χ3v) is 6.13. The van der Waals surface area contributed by atoms with E-state index in [1.807, 2.05) is 25.1 Å². The molecule has 0 radical (unpaired) electrons.